The number of hydrogen-bond donors (Lipinski definition) is 1. The Hall–Kier alpha value is -2.24. The number of halogens is 2. The van der Waals surface area contributed by atoms with Crippen molar-refractivity contribution in [3.63, 3.8) is 0 Å². The van der Waals surface area contributed by atoms with Gasteiger partial charge in [-0.1, -0.05) is 12.1 Å². The van der Waals surface area contributed by atoms with Crippen LogP contribution in [-0.4, -0.2) is 16.2 Å². The summed E-state index contributed by atoms with van der Waals surface area (Å²) in [5.74, 6) is -2.76. The first-order valence-electron chi connectivity index (χ1n) is 5.21. The molecule has 0 saturated heterocycles. The standard InChI is InChI=1S/C12H9F2NO3/c1-2-7-10(12(16)17)15-18-11(7)8-4-3-6(13)5-9(8)14/h3-5H,2H2,1H3,(H,16,17). The lowest BCUT2D eigenvalue weighted by molar-refractivity contribution is 0.0685. The number of aromatic nitrogens is 1. The summed E-state index contributed by atoms with van der Waals surface area (Å²) in [6.07, 6.45) is 0.317. The molecule has 18 heavy (non-hydrogen) atoms. The lowest BCUT2D eigenvalue weighted by atomic mass is 10.0. The van der Waals surface area contributed by atoms with Gasteiger partial charge in [0.1, 0.15) is 11.6 Å². The van der Waals surface area contributed by atoms with E-state index in [2.05, 4.69) is 5.16 Å². The first kappa shape index (κ1) is 12.2. The van der Waals surface area contributed by atoms with Gasteiger partial charge in [0.25, 0.3) is 0 Å². The van der Waals surface area contributed by atoms with Gasteiger partial charge in [0.2, 0.25) is 0 Å². The number of benzene rings is 1. The molecule has 0 atom stereocenters. The van der Waals surface area contributed by atoms with Crippen molar-refractivity contribution >= 4 is 5.97 Å². The number of rotatable bonds is 3. The van der Waals surface area contributed by atoms with Crippen LogP contribution in [0.4, 0.5) is 8.78 Å². The molecule has 1 N–H and O–H groups in total. The topological polar surface area (TPSA) is 63.3 Å². The van der Waals surface area contributed by atoms with Crippen molar-refractivity contribution in [2.24, 2.45) is 0 Å². The third-order valence-electron chi connectivity index (χ3n) is 2.52. The van der Waals surface area contributed by atoms with Gasteiger partial charge in [0, 0.05) is 11.6 Å². The van der Waals surface area contributed by atoms with Crippen LogP contribution in [0.5, 0.6) is 0 Å². The highest BCUT2D eigenvalue weighted by Crippen LogP contribution is 2.29. The van der Waals surface area contributed by atoms with Gasteiger partial charge in [-0.3, -0.25) is 0 Å². The second kappa shape index (κ2) is 4.56. The Morgan fingerprint density at radius 3 is 2.72 bits per heavy atom. The average Bonchev–Trinajstić information content (AvgIpc) is 2.72. The van der Waals surface area contributed by atoms with Crippen molar-refractivity contribution in [2.45, 2.75) is 13.3 Å². The predicted octanol–water partition coefficient (Wildman–Crippen LogP) is 2.88. The molecule has 0 radical (unpaired) electrons. The summed E-state index contributed by atoms with van der Waals surface area (Å²) in [5, 5.41) is 12.3. The van der Waals surface area contributed by atoms with Crippen LogP contribution < -0.4 is 0 Å². The Kier molecular flexibility index (Phi) is 3.10. The molecular weight excluding hydrogens is 244 g/mol. The van der Waals surface area contributed by atoms with Gasteiger partial charge in [-0.25, -0.2) is 13.6 Å². The van der Waals surface area contributed by atoms with E-state index < -0.39 is 17.6 Å². The number of carbonyl (C=O) groups is 1. The highest BCUT2D eigenvalue weighted by molar-refractivity contribution is 5.89. The Morgan fingerprint density at radius 2 is 2.17 bits per heavy atom. The first-order chi connectivity index (χ1) is 8.54. The molecule has 2 rings (SSSR count). The van der Waals surface area contributed by atoms with Gasteiger partial charge in [-0.05, 0) is 18.6 Å². The highest BCUT2D eigenvalue weighted by atomic mass is 19.1. The zero-order chi connectivity index (χ0) is 13.3. The molecular formula is C12H9F2NO3. The van der Waals surface area contributed by atoms with Gasteiger partial charge in [-0.15, -0.1) is 0 Å². The van der Waals surface area contributed by atoms with Crippen molar-refractivity contribution in [3.05, 3.63) is 41.1 Å². The maximum Gasteiger partial charge on any atom is 0.358 e. The molecule has 0 amide bonds. The molecule has 0 aliphatic rings. The minimum absolute atomic E-state index is 0.00625. The Labute approximate surface area is 101 Å². The largest absolute Gasteiger partial charge is 0.476 e. The molecule has 94 valence electrons. The molecule has 4 nitrogen and oxygen atoms in total. The first-order valence-corrected chi connectivity index (χ1v) is 5.21. The molecule has 1 heterocycles. The number of carboxylic acids is 1. The molecule has 6 heteroatoms. The molecule has 0 bridgehead atoms. The lowest BCUT2D eigenvalue weighted by Gasteiger charge is -2.01. The molecule has 0 aliphatic carbocycles. The maximum atomic E-state index is 13.6. The summed E-state index contributed by atoms with van der Waals surface area (Å²) in [7, 11) is 0. The van der Waals surface area contributed by atoms with Crippen molar-refractivity contribution in [2.75, 3.05) is 0 Å². The van der Waals surface area contributed by atoms with E-state index in [1.54, 1.807) is 6.92 Å². The minimum Gasteiger partial charge on any atom is -0.476 e. The number of aromatic carboxylic acids is 1. The Balaban J connectivity index is 2.60. The quantitative estimate of drug-likeness (QED) is 0.913. The second-order valence-electron chi connectivity index (χ2n) is 3.62. The number of carboxylic acid groups (broad SMARTS) is 1. The Bertz CT molecular complexity index is 607. The van der Waals surface area contributed by atoms with Crippen LogP contribution in [0.15, 0.2) is 22.7 Å². The van der Waals surface area contributed by atoms with E-state index in [9.17, 15) is 13.6 Å². The minimum atomic E-state index is -1.25. The van der Waals surface area contributed by atoms with Gasteiger partial charge < -0.3 is 9.63 Å². The third kappa shape index (κ3) is 1.97. The zero-order valence-corrected chi connectivity index (χ0v) is 9.41. The second-order valence-corrected chi connectivity index (χ2v) is 3.62. The van der Waals surface area contributed by atoms with Crippen LogP contribution in [0.1, 0.15) is 23.0 Å². The lowest BCUT2D eigenvalue weighted by Crippen LogP contribution is -2.01. The van der Waals surface area contributed by atoms with Crippen LogP contribution in [0.25, 0.3) is 11.3 Å². The van der Waals surface area contributed by atoms with E-state index in [0.29, 0.717) is 12.5 Å². The molecule has 2 aromatic rings. The van der Waals surface area contributed by atoms with Crippen molar-refractivity contribution in [1.82, 2.24) is 5.16 Å². The van der Waals surface area contributed by atoms with E-state index >= 15 is 0 Å². The monoisotopic (exact) mass is 253 g/mol. The Morgan fingerprint density at radius 1 is 1.44 bits per heavy atom. The molecule has 0 aliphatic heterocycles. The van der Waals surface area contributed by atoms with Crippen LogP contribution in [-0.2, 0) is 6.42 Å². The van der Waals surface area contributed by atoms with Crippen LogP contribution >= 0.6 is 0 Å². The molecule has 0 spiro atoms. The summed E-state index contributed by atoms with van der Waals surface area (Å²) in [5.41, 5.74) is 0.0254. The van der Waals surface area contributed by atoms with E-state index in [1.807, 2.05) is 0 Å². The van der Waals surface area contributed by atoms with Gasteiger partial charge in [0.15, 0.2) is 11.5 Å². The normalized spacial score (nSPS) is 10.6. The predicted molar refractivity (Wildman–Crippen MR) is 58.2 cm³/mol. The van der Waals surface area contributed by atoms with Crippen LogP contribution in [0.3, 0.4) is 0 Å². The maximum absolute atomic E-state index is 13.6. The third-order valence-corrected chi connectivity index (χ3v) is 2.52. The van der Waals surface area contributed by atoms with E-state index in [0.717, 1.165) is 6.07 Å². The summed E-state index contributed by atoms with van der Waals surface area (Å²) < 4.78 is 31.2. The van der Waals surface area contributed by atoms with Gasteiger partial charge in [0.05, 0.1) is 5.56 Å². The van der Waals surface area contributed by atoms with Crippen LogP contribution in [0.2, 0.25) is 0 Å². The average molecular weight is 253 g/mol. The van der Waals surface area contributed by atoms with E-state index in [4.69, 9.17) is 9.63 Å². The fourth-order valence-electron chi connectivity index (χ4n) is 1.69. The number of nitrogens with zero attached hydrogens (tertiary/aromatic N) is 1. The molecule has 1 aromatic carbocycles. The fraction of sp³-hybridized carbons (Fsp3) is 0.167. The van der Waals surface area contributed by atoms with E-state index in [-0.39, 0.29) is 22.6 Å². The van der Waals surface area contributed by atoms with Crippen LogP contribution in [0, 0.1) is 11.6 Å². The SMILES string of the molecule is CCc1c(C(=O)O)noc1-c1ccc(F)cc1F. The molecule has 1 aromatic heterocycles. The summed E-state index contributed by atoms with van der Waals surface area (Å²) in [6.45, 7) is 1.70. The summed E-state index contributed by atoms with van der Waals surface area (Å²) >= 11 is 0. The smallest absolute Gasteiger partial charge is 0.358 e. The zero-order valence-electron chi connectivity index (χ0n) is 9.41. The van der Waals surface area contributed by atoms with E-state index in [1.165, 1.54) is 6.07 Å². The van der Waals surface area contributed by atoms with Crippen molar-refractivity contribution in [1.29, 1.82) is 0 Å². The van der Waals surface area contributed by atoms with Crippen molar-refractivity contribution < 1.29 is 23.2 Å². The molecule has 0 saturated carbocycles. The summed E-state index contributed by atoms with van der Waals surface area (Å²) in [6, 6.07) is 2.97. The number of hydrogen-bond acceptors (Lipinski definition) is 3. The van der Waals surface area contributed by atoms with Gasteiger partial charge in [-0.2, -0.15) is 0 Å². The van der Waals surface area contributed by atoms with Crippen molar-refractivity contribution in [3.8, 4) is 11.3 Å². The van der Waals surface area contributed by atoms with Gasteiger partial charge >= 0.3 is 5.97 Å². The highest BCUT2D eigenvalue weighted by Gasteiger charge is 2.23. The molecule has 0 fully saturated rings. The molecule has 0 unspecified atom stereocenters. The summed E-state index contributed by atoms with van der Waals surface area (Å²) in [4.78, 5) is 10.9. The fourth-order valence-corrected chi connectivity index (χ4v) is 1.69.